The molecule has 138 valence electrons. The van der Waals surface area contributed by atoms with Gasteiger partial charge in [-0.05, 0) is 37.0 Å². The molecule has 0 saturated carbocycles. The molecule has 0 aromatic heterocycles. The van der Waals surface area contributed by atoms with Crippen molar-refractivity contribution in [2.75, 3.05) is 19.6 Å². The molecule has 1 aromatic rings. The number of benzene rings is 1. The van der Waals surface area contributed by atoms with Gasteiger partial charge in [-0.3, -0.25) is 5.41 Å². The first-order valence-electron chi connectivity index (χ1n) is 7.99. The molecule has 2 rings (SSSR count). The number of rotatable bonds is 4. The molecule has 1 aliphatic rings. The Balaban J connectivity index is 1.89. The van der Waals surface area contributed by atoms with Crippen molar-refractivity contribution in [1.82, 2.24) is 10.2 Å². The van der Waals surface area contributed by atoms with E-state index in [0.29, 0.717) is 5.84 Å². The molecule has 1 aliphatic heterocycles. The van der Waals surface area contributed by atoms with Crippen LogP contribution in [0.5, 0.6) is 0 Å². The Morgan fingerprint density at radius 2 is 1.92 bits per heavy atom. The van der Waals surface area contributed by atoms with Crippen LogP contribution in [0.2, 0.25) is 0 Å². The third-order valence-corrected chi connectivity index (χ3v) is 3.94. The zero-order chi connectivity index (χ0) is 18.4. The van der Waals surface area contributed by atoms with E-state index in [1.165, 1.54) is 12.5 Å². The van der Waals surface area contributed by atoms with E-state index in [1.807, 2.05) is 4.90 Å². The van der Waals surface area contributed by atoms with Crippen LogP contribution >= 0.6 is 0 Å². The molecule has 1 saturated heterocycles. The summed E-state index contributed by atoms with van der Waals surface area (Å²) in [5, 5.41) is 10.8. The molecule has 0 spiro atoms. The van der Waals surface area contributed by atoms with Gasteiger partial charge in [-0.25, -0.2) is 9.38 Å². The number of amidine groups is 1. The van der Waals surface area contributed by atoms with Crippen molar-refractivity contribution in [3.63, 3.8) is 0 Å². The molecule has 4 N–H and O–H groups in total. The number of likely N-dealkylation sites (tertiary alicyclic amines) is 1. The maximum atomic E-state index is 13.2. The predicted molar refractivity (Wildman–Crippen MR) is 87.9 cm³/mol. The lowest BCUT2D eigenvalue weighted by Gasteiger charge is -2.29. The fourth-order valence-electron chi connectivity index (χ4n) is 2.57. The number of nitrogens with zero attached hydrogens (tertiary/aromatic N) is 2. The van der Waals surface area contributed by atoms with Crippen molar-refractivity contribution < 1.29 is 17.6 Å². The van der Waals surface area contributed by atoms with Crippen LogP contribution in [0.15, 0.2) is 23.2 Å². The van der Waals surface area contributed by atoms with Gasteiger partial charge in [0.2, 0.25) is 0 Å². The van der Waals surface area contributed by atoms with Crippen molar-refractivity contribution >= 4 is 11.8 Å². The van der Waals surface area contributed by atoms with Gasteiger partial charge >= 0.3 is 6.18 Å². The van der Waals surface area contributed by atoms with Crippen LogP contribution in [-0.2, 0) is 12.7 Å². The lowest BCUT2D eigenvalue weighted by molar-refractivity contribution is -0.140. The second-order valence-corrected chi connectivity index (χ2v) is 5.86. The monoisotopic (exact) mass is 359 g/mol. The van der Waals surface area contributed by atoms with Crippen molar-refractivity contribution in [3.8, 4) is 0 Å². The molecular formula is C16H21F4N5. The maximum Gasteiger partial charge on any atom is 0.419 e. The van der Waals surface area contributed by atoms with E-state index < -0.39 is 17.6 Å². The maximum absolute atomic E-state index is 13.2. The minimum absolute atomic E-state index is 0.0274. The van der Waals surface area contributed by atoms with E-state index in [-0.39, 0.29) is 24.6 Å². The van der Waals surface area contributed by atoms with Gasteiger partial charge in [-0.2, -0.15) is 13.2 Å². The quantitative estimate of drug-likeness (QED) is 0.439. The lowest BCUT2D eigenvalue weighted by atomic mass is 10.1. The van der Waals surface area contributed by atoms with Crippen molar-refractivity contribution in [2.45, 2.75) is 32.0 Å². The number of hydrogen-bond donors (Lipinski definition) is 3. The van der Waals surface area contributed by atoms with Gasteiger partial charge in [-0.15, -0.1) is 0 Å². The van der Waals surface area contributed by atoms with Gasteiger partial charge in [0.1, 0.15) is 11.7 Å². The summed E-state index contributed by atoms with van der Waals surface area (Å²) in [6.07, 6.45) is -1.48. The molecular weight excluding hydrogens is 338 g/mol. The van der Waals surface area contributed by atoms with E-state index in [2.05, 4.69) is 10.3 Å². The van der Waals surface area contributed by atoms with Gasteiger partial charge in [0, 0.05) is 13.1 Å². The van der Waals surface area contributed by atoms with Crippen LogP contribution < -0.4 is 11.1 Å². The molecule has 0 unspecified atom stereocenters. The molecule has 0 aliphatic carbocycles. The van der Waals surface area contributed by atoms with Crippen LogP contribution in [0, 0.1) is 11.2 Å². The van der Waals surface area contributed by atoms with E-state index in [1.54, 1.807) is 0 Å². The van der Waals surface area contributed by atoms with E-state index in [0.717, 1.165) is 38.1 Å². The number of nitrogens with one attached hydrogen (secondary N) is 2. The van der Waals surface area contributed by atoms with Gasteiger partial charge in [0.15, 0.2) is 5.96 Å². The Hall–Kier alpha value is -2.32. The number of piperidine rings is 1. The molecule has 1 fully saturated rings. The minimum atomic E-state index is -4.75. The lowest BCUT2D eigenvalue weighted by Crippen LogP contribution is -2.44. The third-order valence-electron chi connectivity index (χ3n) is 3.94. The Morgan fingerprint density at radius 1 is 1.24 bits per heavy atom. The summed E-state index contributed by atoms with van der Waals surface area (Å²) in [5.74, 6) is -0.889. The predicted octanol–water partition coefficient (Wildman–Crippen LogP) is 2.71. The Kier molecular flexibility index (Phi) is 6.22. The second kappa shape index (κ2) is 8.17. The van der Waals surface area contributed by atoms with Crippen molar-refractivity contribution in [1.29, 1.82) is 5.41 Å². The summed E-state index contributed by atoms with van der Waals surface area (Å²) in [4.78, 5) is 5.90. The summed E-state index contributed by atoms with van der Waals surface area (Å²) in [6, 6.07) is 2.72. The molecule has 0 amide bonds. The summed E-state index contributed by atoms with van der Waals surface area (Å²) in [6.45, 7) is 1.77. The fourth-order valence-corrected chi connectivity index (χ4v) is 2.57. The Bertz CT molecular complexity index is 636. The number of alkyl halides is 3. The standard InChI is InChI=1S/C16H21F4N5/c17-13-5-4-11(8-12(13)16(18,19)20)9-23-15(22)24-10-14(21)25-6-2-1-3-7-25/h4-5,8,21H,1-3,6-7,9-10H2,(H3,22,23,24). The highest BCUT2D eigenvalue weighted by atomic mass is 19.4. The van der Waals surface area contributed by atoms with Gasteiger partial charge < -0.3 is 16.0 Å². The van der Waals surface area contributed by atoms with Gasteiger partial charge in [0.05, 0.1) is 18.7 Å². The number of halogens is 4. The first kappa shape index (κ1) is 19.0. The Morgan fingerprint density at radius 3 is 2.56 bits per heavy atom. The average molecular weight is 359 g/mol. The third kappa shape index (κ3) is 5.61. The number of aliphatic imine (C=N–C) groups is 1. The normalized spacial score (nSPS) is 16.0. The molecule has 1 aromatic carbocycles. The van der Waals surface area contributed by atoms with Crippen LogP contribution in [0.25, 0.3) is 0 Å². The topological polar surface area (TPSA) is 77.5 Å². The number of nitrogens with two attached hydrogens (primary N) is 1. The summed E-state index contributed by atoms with van der Waals surface area (Å²) >= 11 is 0. The molecule has 9 heteroatoms. The molecule has 25 heavy (non-hydrogen) atoms. The SMILES string of the molecule is N=C(CNC(N)=NCc1ccc(F)c(C(F)(F)F)c1)N1CCCCC1. The first-order valence-corrected chi connectivity index (χ1v) is 7.99. The van der Waals surface area contributed by atoms with Gasteiger partial charge in [-0.1, -0.05) is 6.07 Å². The largest absolute Gasteiger partial charge is 0.419 e. The fraction of sp³-hybridized carbons (Fsp3) is 0.500. The molecule has 0 atom stereocenters. The summed E-state index contributed by atoms with van der Waals surface area (Å²) in [5.41, 5.74) is 4.56. The number of hydrogen-bond acceptors (Lipinski definition) is 2. The zero-order valence-corrected chi connectivity index (χ0v) is 13.7. The summed E-state index contributed by atoms with van der Waals surface area (Å²) < 4.78 is 51.2. The smallest absolute Gasteiger partial charge is 0.370 e. The number of guanidine groups is 1. The first-order chi connectivity index (χ1) is 11.8. The second-order valence-electron chi connectivity index (χ2n) is 5.86. The van der Waals surface area contributed by atoms with E-state index >= 15 is 0 Å². The summed E-state index contributed by atoms with van der Waals surface area (Å²) in [7, 11) is 0. The van der Waals surface area contributed by atoms with Crippen molar-refractivity contribution in [3.05, 3.63) is 35.1 Å². The molecule has 0 radical (unpaired) electrons. The minimum Gasteiger partial charge on any atom is -0.370 e. The van der Waals surface area contributed by atoms with Crippen LogP contribution in [0.1, 0.15) is 30.4 Å². The van der Waals surface area contributed by atoms with E-state index in [4.69, 9.17) is 11.1 Å². The highest BCUT2D eigenvalue weighted by Crippen LogP contribution is 2.31. The highest BCUT2D eigenvalue weighted by Gasteiger charge is 2.34. The van der Waals surface area contributed by atoms with E-state index in [9.17, 15) is 17.6 Å². The van der Waals surface area contributed by atoms with Crippen LogP contribution in [0.4, 0.5) is 17.6 Å². The molecule has 1 heterocycles. The van der Waals surface area contributed by atoms with Crippen LogP contribution in [0.3, 0.4) is 0 Å². The average Bonchev–Trinajstić information content (AvgIpc) is 2.58. The Labute approximate surface area is 143 Å². The van der Waals surface area contributed by atoms with Crippen LogP contribution in [-0.4, -0.2) is 36.3 Å². The highest BCUT2D eigenvalue weighted by molar-refractivity contribution is 5.87. The molecule has 5 nitrogen and oxygen atoms in total. The van der Waals surface area contributed by atoms with Gasteiger partial charge in [0.25, 0.3) is 0 Å². The van der Waals surface area contributed by atoms with Crippen molar-refractivity contribution in [2.24, 2.45) is 10.7 Å². The zero-order valence-electron chi connectivity index (χ0n) is 13.7. The molecule has 0 bridgehead atoms.